The van der Waals surface area contributed by atoms with Gasteiger partial charge in [0.1, 0.15) is 29.5 Å². The van der Waals surface area contributed by atoms with Crippen molar-refractivity contribution in [3.05, 3.63) is 46.5 Å². The Morgan fingerprint density at radius 3 is 2.64 bits per heavy atom. The standard InChI is InChI=1S/C25H30N6O5/c1-25(2,3)36-24(34)29(4)21-12-20(27-18-6-5-11-30(23(18)33)15-7-8-15)28-22-17(13-26-31(21)22)19(32)14-35-16-9-10-16/h5-6,11-13,15-16H,7-10,14H2,1-4H3,(H,27,28). The van der Waals surface area contributed by atoms with Crippen LogP contribution < -0.4 is 15.8 Å². The normalized spacial score (nSPS) is 15.7. The number of ketones is 1. The fourth-order valence-corrected chi connectivity index (χ4v) is 3.76. The van der Waals surface area contributed by atoms with Crippen molar-refractivity contribution in [2.24, 2.45) is 0 Å². The van der Waals surface area contributed by atoms with E-state index in [9.17, 15) is 14.4 Å². The van der Waals surface area contributed by atoms with Crippen LogP contribution in [0.5, 0.6) is 0 Å². The van der Waals surface area contributed by atoms with Crippen LogP contribution in [0, 0.1) is 0 Å². The van der Waals surface area contributed by atoms with Gasteiger partial charge in [-0.25, -0.2) is 9.78 Å². The predicted molar refractivity (Wildman–Crippen MR) is 133 cm³/mol. The van der Waals surface area contributed by atoms with Gasteiger partial charge in [0.2, 0.25) is 0 Å². The third-order valence-corrected chi connectivity index (χ3v) is 5.92. The zero-order chi connectivity index (χ0) is 25.6. The average Bonchev–Trinajstić information content (AvgIpc) is 3.74. The molecule has 0 unspecified atom stereocenters. The number of hydrogen-bond donors (Lipinski definition) is 1. The highest BCUT2D eigenvalue weighted by Gasteiger charge is 2.28. The van der Waals surface area contributed by atoms with Gasteiger partial charge in [-0.15, -0.1) is 0 Å². The van der Waals surface area contributed by atoms with Gasteiger partial charge in [0.15, 0.2) is 11.4 Å². The molecule has 0 aliphatic heterocycles. The molecule has 0 bridgehead atoms. The smallest absolute Gasteiger partial charge is 0.415 e. The van der Waals surface area contributed by atoms with Crippen molar-refractivity contribution in [3.8, 4) is 0 Å². The van der Waals surface area contributed by atoms with Crippen LogP contribution in [0.25, 0.3) is 5.65 Å². The molecular weight excluding hydrogens is 464 g/mol. The van der Waals surface area contributed by atoms with Crippen molar-refractivity contribution in [2.75, 3.05) is 23.9 Å². The van der Waals surface area contributed by atoms with Gasteiger partial charge in [0.25, 0.3) is 5.56 Å². The topological polar surface area (TPSA) is 120 Å². The second-order valence-electron chi connectivity index (χ2n) is 10.3. The maximum Gasteiger partial charge on any atom is 0.415 e. The summed E-state index contributed by atoms with van der Waals surface area (Å²) in [7, 11) is 1.55. The monoisotopic (exact) mass is 494 g/mol. The second kappa shape index (κ2) is 9.05. The summed E-state index contributed by atoms with van der Waals surface area (Å²) < 4.78 is 14.2. The highest BCUT2D eigenvalue weighted by molar-refractivity contribution is 6.02. The summed E-state index contributed by atoms with van der Waals surface area (Å²) >= 11 is 0. The molecule has 190 valence electrons. The molecule has 11 heteroatoms. The summed E-state index contributed by atoms with van der Waals surface area (Å²) in [6.45, 7) is 5.25. The Balaban J connectivity index is 1.54. The lowest BCUT2D eigenvalue weighted by Crippen LogP contribution is -2.35. The fraction of sp³-hybridized carbons (Fsp3) is 0.480. The number of Topliss-reactive ketones (excluding diaryl/α,β-unsaturated/α-hetero) is 1. The minimum Gasteiger partial charge on any atom is -0.443 e. The molecule has 3 heterocycles. The Morgan fingerprint density at radius 2 is 1.97 bits per heavy atom. The van der Waals surface area contributed by atoms with Crippen molar-refractivity contribution in [3.63, 3.8) is 0 Å². The molecule has 2 aliphatic carbocycles. The summed E-state index contributed by atoms with van der Waals surface area (Å²) in [4.78, 5) is 44.6. The molecule has 0 saturated heterocycles. The van der Waals surface area contributed by atoms with E-state index in [-0.39, 0.29) is 47.1 Å². The Labute approximate surface area is 208 Å². The molecule has 3 aromatic rings. The molecule has 2 fully saturated rings. The molecule has 0 radical (unpaired) electrons. The second-order valence-corrected chi connectivity index (χ2v) is 10.3. The lowest BCUT2D eigenvalue weighted by Gasteiger charge is -2.25. The zero-order valence-corrected chi connectivity index (χ0v) is 20.9. The third-order valence-electron chi connectivity index (χ3n) is 5.92. The van der Waals surface area contributed by atoms with Crippen molar-refractivity contribution < 1.29 is 19.1 Å². The van der Waals surface area contributed by atoms with E-state index in [1.165, 1.54) is 15.6 Å². The van der Waals surface area contributed by atoms with Crippen LogP contribution in [0.15, 0.2) is 35.4 Å². The van der Waals surface area contributed by atoms with Gasteiger partial charge in [-0.05, 0) is 58.6 Å². The van der Waals surface area contributed by atoms with Gasteiger partial charge < -0.3 is 19.4 Å². The van der Waals surface area contributed by atoms with Crippen LogP contribution >= 0.6 is 0 Å². The van der Waals surface area contributed by atoms with Crippen molar-refractivity contribution in [2.45, 2.75) is 64.2 Å². The maximum absolute atomic E-state index is 13.0. The minimum absolute atomic E-state index is 0.0760. The van der Waals surface area contributed by atoms with E-state index in [4.69, 9.17) is 9.47 Å². The number of aromatic nitrogens is 4. The Bertz CT molecular complexity index is 1380. The third kappa shape index (κ3) is 5.11. The van der Waals surface area contributed by atoms with E-state index in [1.807, 2.05) is 0 Å². The van der Waals surface area contributed by atoms with Crippen LogP contribution in [0.4, 0.5) is 22.1 Å². The number of anilines is 3. The van der Waals surface area contributed by atoms with Gasteiger partial charge in [-0.1, -0.05) is 0 Å². The van der Waals surface area contributed by atoms with E-state index in [1.54, 1.807) is 56.8 Å². The lowest BCUT2D eigenvalue weighted by atomic mass is 10.2. The lowest BCUT2D eigenvalue weighted by molar-refractivity contribution is 0.0587. The molecule has 1 amide bonds. The number of fused-ring (bicyclic) bond motifs is 1. The molecule has 3 aromatic heterocycles. The first-order chi connectivity index (χ1) is 17.1. The van der Waals surface area contributed by atoms with E-state index >= 15 is 0 Å². The summed E-state index contributed by atoms with van der Waals surface area (Å²) in [5.74, 6) is 0.344. The van der Waals surface area contributed by atoms with Crippen molar-refractivity contribution >= 4 is 34.8 Å². The van der Waals surface area contributed by atoms with E-state index in [0.29, 0.717) is 11.5 Å². The highest BCUT2D eigenvalue weighted by Crippen LogP contribution is 2.33. The summed E-state index contributed by atoms with van der Waals surface area (Å²) in [5.41, 5.74) is -0.0141. The number of rotatable bonds is 8. The summed E-state index contributed by atoms with van der Waals surface area (Å²) in [6, 6.07) is 5.29. The van der Waals surface area contributed by atoms with Gasteiger partial charge in [0, 0.05) is 25.4 Å². The van der Waals surface area contributed by atoms with Gasteiger partial charge >= 0.3 is 6.09 Å². The van der Waals surface area contributed by atoms with Crippen molar-refractivity contribution in [1.82, 2.24) is 19.2 Å². The van der Waals surface area contributed by atoms with Crippen LogP contribution in [0.1, 0.15) is 62.9 Å². The largest absolute Gasteiger partial charge is 0.443 e. The number of carbonyl (C=O) groups is 2. The number of ether oxygens (including phenoxy) is 2. The quantitative estimate of drug-likeness (QED) is 0.471. The maximum atomic E-state index is 13.0. The minimum atomic E-state index is -0.706. The molecule has 2 aliphatic rings. The highest BCUT2D eigenvalue weighted by atomic mass is 16.6. The van der Waals surface area contributed by atoms with E-state index in [2.05, 4.69) is 15.4 Å². The van der Waals surface area contributed by atoms with Crippen LogP contribution in [-0.4, -0.2) is 56.4 Å². The summed E-state index contributed by atoms with van der Waals surface area (Å²) in [5, 5.41) is 7.41. The molecule has 0 aromatic carbocycles. The predicted octanol–water partition coefficient (Wildman–Crippen LogP) is 3.70. The van der Waals surface area contributed by atoms with Crippen LogP contribution in [0.2, 0.25) is 0 Å². The van der Waals surface area contributed by atoms with Crippen LogP contribution in [-0.2, 0) is 9.47 Å². The van der Waals surface area contributed by atoms with Crippen LogP contribution in [0.3, 0.4) is 0 Å². The Morgan fingerprint density at radius 1 is 1.22 bits per heavy atom. The fourth-order valence-electron chi connectivity index (χ4n) is 3.76. The van der Waals surface area contributed by atoms with Gasteiger partial charge in [-0.3, -0.25) is 14.5 Å². The Hall–Kier alpha value is -3.73. The average molecular weight is 495 g/mol. The number of carbonyl (C=O) groups excluding carboxylic acids is 2. The van der Waals surface area contributed by atoms with E-state index in [0.717, 1.165) is 25.7 Å². The number of pyridine rings is 1. The molecule has 0 spiro atoms. The van der Waals surface area contributed by atoms with E-state index < -0.39 is 11.7 Å². The van der Waals surface area contributed by atoms with Crippen molar-refractivity contribution in [1.29, 1.82) is 0 Å². The Kier molecular flexibility index (Phi) is 6.03. The number of hydrogen-bond acceptors (Lipinski definition) is 8. The zero-order valence-electron chi connectivity index (χ0n) is 20.9. The molecular formula is C25H30N6O5. The molecule has 2 saturated carbocycles. The first kappa shape index (κ1) is 24.0. The molecule has 0 atom stereocenters. The molecule has 11 nitrogen and oxygen atoms in total. The SMILES string of the molecule is CN(C(=O)OC(C)(C)C)c1cc(Nc2cccn(C3CC3)c2=O)nc2c(C(=O)COC3CC3)cnn12. The van der Waals surface area contributed by atoms with Gasteiger partial charge in [0.05, 0.1) is 17.9 Å². The number of nitrogens with one attached hydrogen (secondary N) is 1. The molecule has 5 rings (SSSR count). The molecule has 1 N–H and O–H groups in total. The van der Waals surface area contributed by atoms with Gasteiger partial charge in [-0.2, -0.15) is 9.61 Å². The first-order valence-corrected chi connectivity index (χ1v) is 12.1. The molecule has 36 heavy (non-hydrogen) atoms. The summed E-state index contributed by atoms with van der Waals surface area (Å²) in [6.07, 6.45) is 6.57. The number of nitrogens with zero attached hydrogens (tertiary/aromatic N) is 5. The number of amides is 1. The first-order valence-electron chi connectivity index (χ1n) is 12.1.